The maximum Gasteiger partial charge on any atom is 0.222 e. The van der Waals surface area contributed by atoms with Crippen LogP contribution in [0.25, 0.3) is 0 Å². The molecule has 0 aliphatic heterocycles. The zero-order chi connectivity index (χ0) is 15.0. The molecule has 0 unspecified atom stereocenters. The molecule has 0 saturated heterocycles. The summed E-state index contributed by atoms with van der Waals surface area (Å²) in [5.74, 6) is 1.50. The van der Waals surface area contributed by atoms with Crippen molar-refractivity contribution in [3.05, 3.63) is 84.2 Å². The summed E-state index contributed by atoms with van der Waals surface area (Å²) in [7, 11) is 0. The van der Waals surface area contributed by atoms with Gasteiger partial charge in [0.2, 0.25) is 5.95 Å². The van der Waals surface area contributed by atoms with Crippen molar-refractivity contribution < 1.29 is 4.74 Å². The van der Waals surface area contributed by atoms with Crippen LogP contribution in [0.2, 0.25) is 0 Å². The largest absolute Gasteiger partial charge is 0.489 e. The first-order valence-electron chi connectivity index (χ1n) is 7.17. The Morgan fingerprint density at radius 1 is 0.773 bits per heavy atom. The molecule has 0 spiro atoms. The second kappa shape index (κ2) is 7.22. The van der Waals surface area contributed by atoms with Crippen LogP contribution < -0.4 is 10.1 Å². The minimum Gasteiger partial charge on any atom is -0.489 e. The van der Waals surface area contributed by atoms with E-state index in [2.05, 4.69) is 27.4 Å². The highest BCUT2D eigenvalue weighted by atomic mass is 16.5. The Morgan fingerprint density at radius 2 is 1.50 bits per heavy atom. The van der Waals surface area contributed by atoms with Crippen LogP contribution in [-0.2, 0) is 13.2 Å². The minimum atomic E-state index is 0.580. The highest BCUT2D eigenvalue weighted by molar-refractivity contribution is 5.31. The van der Waals surface area contributed by atoms with Crippen LogP contribution in [0, 0.1) is 0 Å². The van der Waals surface area contributed by atoms with Gasteiger partial charge in [0, 0.05) is 18.9 Å². The normalized spacial score (nSPS) is 10.2. The topological polar surface area (TPSA) is 47.0 Å². The molecular weight excluding hydrogens is 274 g/mol. The quantitative estimate of drug-likeness (QED) is 0.753. The van der Waals surface area contributed by atoms with E-state index in [0.29, 0.717) is 19.1 Å². The number of aromatic nitrogens is 2. The summed E-state index contributed by atoms with van der Waals surface area (Å²) in [6, 6.07) is 20.0. The molecule has 2 aromatic carbocycles. The number of hydrogen-bond acceptors (Lipinski definition) is 4. The molecule has 0 atom stereocenters. The summed E-state index contributed by atoms with van der Waals surface area (Å²) in [5.41, 5.74) is 2.31. The highest BCUT2D eigenvalue weighted by Gasteiger charge is 1.98. The van der Waals surface area contributed by atoms with E-state index in [-0.39, 0.29) is 0 Å². The molecule has 4 nitrogen and oxygen atoms in total. The van der Waals surface area contributed by atoms with Gasteiger partial charge in [0.15, 0.2) is 0 Å². The SMILES string of the molecule is c1ccc(COc2ccc(CNc3ncccn3)cc2)cc1. The molecule has 3 rings (SSSR count). The predicted molar refractivity (Wildman–Crippen MR) is 86.6 cm³/mol. The summed E-state index contributed by atoms with van der Waals surface area (Å²) >= 11 is 0. The fraction of sp³-hybridized carbons (Fsp3) is 0.111. The lowest BCUT2D eigenvalue weighted by atomic mass is 10.2. The number of benzene rings is 2. The van der Waals surface area contributed by atoms with Gasteiger partial charge < -0.3 is 10.1 Å². The van der Waals surface area contributed by atoms with Gasteiger partial charge in [0.25, 0.3) is 0 Å². The van der Waals surface area contributed by atoms with Gasteiger partial charge in [0.1, 0.15) is 12.4 Å². The monoisotopic (exact) mass is 291 g/mol. The Balaban J connectivity index is 1.52. The van der Waals surface area contributed by atoms with E-state index in [0.717, 1.165) is 16.9 Å². The van der Waals surface area contributed by atoms with Crippen molar-refractivity contribution in [2.24, 2.45) is 0 Å². The summed E-state index contributed by atoms with van der Waals surface area (Å²) in [6.07, 6.45) is 3.44. The van der Waals surface area contributed by atoms with Crippen LogP contribution >= 0.6 is 0 Å². The maximum absolute atomic E-state index is 5.76. The molecule has 110 valence electrons. The van der Waals surface area contributed by atoms with Crippen LogP contribution in [0.3, 0.4) is 0 Å². The van der Waals surface area contributed by atoms with Crippen molar-refractivity contribution in [1.82, 2.24) is 9.97 Å². The third-order valence-corrected chi connectivity index (χ3v) is 3.19. The molecular formula is C18H17N3O. The van der Waals surface area contributed by atoms with Crippen molar-refractivity contribution >= 4 is 5.95 Å². The van der Waals surface area contributed by atoms with Gasteiger partial charge in [-0.1, -0.05) is 42.5 Å². The minimum absolute atomic E-state index is 0.580. The summed E-state index contributed by atoms with van der Waals surface area (Å²) in [5, 5.41) is 3.18. The molecule has 0 radical (unpaired) electrons. The average Bonchev–Trinajstić information content (AvgIpc) is 2.61. The lowest BCUT2D eigenvalue weighted by Crippen LogP contribution is -2.02. The van der Waals surface area contributed by atoms with Gasteiger partial charge in [0.05, 0.1) is 0 Å². The van der Waals surface area contributed by atoms with E-state index in [9.17, 15) is 0 Å². The van der Waals surface area contributed by atoms with E-state index in [1.54, 1.807) is 18.5 Å². The average molecular weight is 291 g/mol. The lowest BCUT2D eigenvalue weighted by Gasteiger charge is -2.08. The molecule has 3 aromatic rings. The molecule has 0 saturated carbocycles. The molecule has 1 aromatic heterocycles. The van der Waals surface area contributed by atoms with E-state index in [1.807, 2.05) is 42.5 Å². The number of ether oxygens (including phenoxy) is 1. The zero-order valence-corrected chi connectivity index (χ0v) is 12.1. The summed E-state index contributed by atoms with van der Waals surface area (Å²) in [4.78, 5) is 8.25. The van der Waals surface area contributed by atoms with E-state index in [4.69, 9.17) is 4.74 Å². The smallest absolute Gasteiger partial charge is 0.222 e. The Hall–Kier alpha value is -2.88. The van der Waals surface area contributed by atoms with Gasteiger partial charge in [-0.25, -0.2) is 9.97 Å². The maximum atomic E-state index is 5.76. The van der Waals surface area contributed by atoms with E-state index >= 15 is 0 Å². The Bertz CT molecular complexity index is 622. The molecule has 22 heavy (non-hydrogen) atoms. The summed E-state index contributed by atoms with van der Waals surface area (Å²) < 4.78 is 5.76. The van der Waals surface area contributed by atoms with Crippen molar-refractivity contribution in [1.29, 1.82) is 0 Å². The third kappa shape index (κ3) is 4.06. The first-order chi connectivity index (χ1) is 10.9. The number of nitrogens with one attached hydrogen (secondary N) is 1. The number of rotatable bonds is 6. The van der Waals surface area contributed by atoms with Crippen LogP contribution in [0.5, 0.6) is 5.75 Å². The fourth-order valence-electron chi connectivity index (χ4n) is 2.02. The first-order valence-corrected chi connectivity index (χ1v) is 7.17. The van der Waals surface area contributed by atoms with E-state index in [1.165, 1.54) is 0 Å². The fourth-order valence-corrected chi connectivity index (χ4v) is 2.02. The molecule has 4 heteroatoms. The van der Waals surface area contributed by atoms with Crippen molar-refractivity contribution in [3.63, 3.8) is 0 Å². The Labute approximate surface area is 129 Å². The molecule has 0 aliphatic carbocycles. The van der Waals surface area contributed by atoms with Crippen molar-refractivity contribution in [2.75, 3.05) is 5.32 Å². The van der Waals surface area contributed by atoms with E-state index < -0.39 is 0 Å². The first kappa shape index (κ1) is 14.1. The van der Waals surface area contributed by atoms with Gasteiger partial charge in [-0.2, -0.15) is 0 Å². The van der Waals surface area contributed by atoms with Crippen molar-refractivity contribution in [2.45, 2.75) is 13.2 Å². The van der Waals surface area contributed by atoms with Crippen LogP contribution in [-0.4, -0.2) is 9.97 Å². The van der Waals surface area contributed by atoms with Gasteiger partial charge >= 0.3 is 0 Å². The number of anilines is 1. The predicted octanol–water partition coefficient (Wildman–Crippen LogP) is 3.67. The summed E-state index contributed by atoms with van der Waals surface area (Å²) in [6.45, 7) is 1.26. The molecule has 0 amide bonds. The van der Waals surface area contributed by atoms with Crippen LogP contribution in [0.15, 0.2) is 73.1 Å². The number of nitrogens with zero attached hydrogens (tertiary/aromatic N) is 2. The van der Waals surface area contributed by atoms with Gasteiger partial charge in [-0.3, -0.25) is 0 Å². The molecule has 0 aliphatic rings. The van der Waals surface area contributed by atoms with Crippen molar-refractivity contribution in [3.8, 4) is 5.75 Å². The lowest BCUT2D eigenvalue weighted by molar-refractivity contribution is 0.306. The van der Waals surface area contributed by atoms with Crippen LogP contribution in [0.4, 0.5) is 5.95 Å². The Kier molecular flexibility index (Phi) is 4.62. The molecule has 0 fully saturated rings. The second-order valence-electron chi connectivity index (χ2n) is 4.84. The van der Waals surface area contributed by atoms with Crippen LogP contribution in [0.1, 0.15) is 11.1 Å². The zero-order valence-electron chi connectivity index (χ0n) is 12.1. The standard InChI is InChI=1S/C18H17N3O/c1-2-5-16(6-3-1)14-22-17-9-7-15(8-10-17)13-21-18-19-11-4-12-20-18/h1-12H,13-14H2,(H,19,20,21). The third-order valence-electron chi connectivity index (χ3n) is 3.19. The Morgan fingerprint density at radius 3 is 2.23 bits per heavy atom. The number of hydrogen-bond donors (Lipinski definition) is 1. The van der Waals surface area contributed by atoms with Gasteiger partial charge in [-0.15, -0.1) is 0 Å². The van der Waals surface area contributed by atoms with Gasteiger partial charge in [-0.05, 0) is 29.3 Å². The molecule has 1 N–H and O–H groups in total. The molecule has 0 bridgehead atoms. The molecule has 1 heterocycles. The second-order valence-corrected chi connectivity index (χ2v) is 4.84. The highest BCUT2D eigenvalue weighted by Crippen LogP contribution is 2.14.